The molecule has 55 heavy (non-hydrogen) atoms. The molecule has 0 radical (unpaired) electrons. The van der Waals surface area contributed by atoms with Gasteiger partial charge in [0.1, 0.15) is 0 Å². The van der Waals surface area contributed by atoms with Crippen LogP contribution < -0.4 is 5.32 Å². The van der Waals surface area contributed by atoms with Gasteiger partial charge in [-0.3, -0.25) is 4.79 Å². The SMILES string of the molecule is CCCCCCCCCCCCCC/C=C\CCCCCCCCCCC(=O)NC(CO)C(O)CCCCCCCCCCCCCCCCCCCCC. The molecule has 2 unspecified atom stereocenters. The van der Waals surface area contributed by atoms with E-state index in [9.17, 15) is 15.0 Å². The number of carbonyl (C=O) groups is 1. The van der Waals surface area contributed by atoms with Crippen molar-refractivity contribution in [1.29, 1.82) is 0 Å². The van der Waals surface area contributed by atoms with E-state index in [1.165, 1.54) is 238 Å². The van der Waals surface area contributed by atoms with Gasteiger partial charge in [0.25, 0.3) is 0 Å². The average molecular weight is 776 g/mol. The predicted octanol–water partition coefficient (Wildman–Crippen LogP) is 16.2. The number of carbonyl (C=O) groups excluding carboxylic acids is 1. The van der Waals surface area contributed by atoms with E-state index in [0.717, 1.165) is 25.7 Å². The number of amides is 1. The summed E-state index contributed by atoms with van der Waals surface area (Å²) in [6.45, 7) is 4.39. The zero-order valence-electron chi connectivity index (χ0n) is 37.7. The molecule has 0 aromatic heterocycles. The highest BCUT2D eigenvalue weighted by atomic mass is 16.3. The van der Waals surface area contributed by atoms with Gasteiger partial charge in [0.05, 0.1) is 18.8 Å². The zero-order valence-corrected chi connectivity index (χ0v) is 37.7. The molecule has 0 rings (SSSR count). The lowest BCUT2D eigenvalue weighted by molar-refractivity contribution is -0.123. The van der Waals surface area contributed by atoms with E-state index in [0.29, 0.717) is 12.8 Å². The molecular weight excluding hydrogens is 675 g/mol. The van der Waals surface area contributed by atoms with Crippen LogP contribution in [0.5, 0.6) is 0 Å². The van der Waals surface area contributed by atoms with Gasteiger partial charge in [-0.15, -0.1) is 0 Å². The Morgan fingerprint density at radius 2 is 0.691 bits per heavy atom. The number of hydrogen-bond acceptors (Lipinski definition) is 3. The van der Waals surface area contributed by atoms with Crippen LogP contribution in [-0.2, 0) is 4.79 Å². The first-order chi connectivity index (χ1) is 27.2. The number of unbranched alkanes of at least 4 members (excludes halogenated alkanes) is 38. The Kier molecular flexibility index (Phi) is 46.8. The quantitative estimate of drug-likeness (QED) is 0.0426. The van der Waals surface area contributed by atoms with E-state index in [2.05, 4.69) is 31.3 Å². The lowest BCUT2D eigenvalue weighted by Crippen LogP contribution is -2.45. The van der Waals surface area contributed by atoms with Gasteiger partial charge in [0.2, 0.25) is 5.91 Å². The van der Waals surface area contributed by atoms with E-state index < -0.39 is 12.1 Å². The Morgan fingerprint density at radius 3 is 1.00 bits per heavy atom. The monoisotopic (exact) mass is 776 g/mol. The first-order valence-electron chi connectivity index (χ1n) is 25.4. The Labute approximate surface area is 346 Å². The summed E-state index contributed by atoms with van der Waals surface area (Å²) >= 11 is 0. The molecule has 0 spiro atoms. The van der Waals surface area contributed by atoms with Gasteiger partial charge >= 0.3 is 0 Å². The van der Waals surface area contributed by atoms with Gasteiger partial charge < -0.3 is 15.5 Å². The van der Waals surface area contributed by atoms with Crippen molar-refractivity contribution in [1.82, 2.24) is 5.32 Å². The van der Waals surface area contributed by atoms with Crippen molar-refractivity contribution >= 4 is 5.91 Å². The minimum absolute atomic E-state index is 0.0295. The molecule has 328 valence electrons. The Hall–Kier alpha value is -0.870. The van der Waals surface area contributed by atoms with E-state index in [-0.39, 0.29) is 12.5 Å². The normalized spacial score (nSPS) is 12.9. The number of hydrogen-bond donors (Lipinski definition) is 3. The summed E-state index contributed by atoms with van der Waals surface area (Å²) in [5.74, 6) is -0.0295. The average Bonchev–Trinajstić information content (AvgIpc) is 3.19. The van der Waals surface area contributed by atoms with Gasteiger partial charge in [-0.25, -0.2) is 0 Å². The van der Waals surface area contributed by atoms with Gasteiger partial charge in [0.15, 0.2) is 0 Å². The van der Waals surface area contributed by atoms with E-state index in [1.54, 1.807) is 0 Å². The highest BCUT2D eigenvalue weighted by molar-refractivity contribution is 5.76. The second-order valence-electron chi connectivity index (χ2n) is 17.6. The minimum Gasteiger partial charge on any atom is -0.394 e. The molecule has 0 fully saturated rings. The maximum Gasteiger partial charge on any atom is 0.220 e. The highest BCUT2D eigenvalue weighted by Crippen LogP contribution is 2.17. The second-order valence-corrected chi connectivity index (χ2v) is 17.6. The van der Waals surface area contributed by atoms with Crippen LogP contribution in [0.25, 0.3) is 0 Å². The number of allylic oxidation sites excluding steroid dienone is 2. The van der Waals surface area contributed by atoms with Crippen LogP contribution in [0.3, 0.4) is 0 Å². The molecule has 0 aromatic carbocycles. The van der Waals surface area contributed by atoms with E-state index >= 15 is 0 Å². The van der Waals surface area contributed by atoms with Crippen molar-refractivity contribution < 1.29 is 15.0 Å². The first kappa shape index (κ1) is 54.1. The van der Waals surface area contributed by atoms with Gasteiger partial charge in [-0.1, -0.05) is 257 Å². The number of rotatable bonds is 47. The molecular formula is C51H101NO3. The predicted molar refractivity (Wildman–Crippen MR) is 244 cm³/mol. The van der Waals surface area contributed by atoms with Crippen molar-refractivity contribution in [2.75, 3.05) is 6.61 Å². The van der Waals surface area contributed by atoms with Crippen molar-refractivity contribution in [2.24, 2.45) is 0 Å². The van der Waals surface area contributed by atoms with E-state index in [1.807, 2.05) is 0 Å². The highest BCUT2D eigenvalue weighted by Gasteiger charge is 2.20. The van der Waals surface area contributed by atoms with Crippen molar-refractivity contribution in [3.05, 3.63) is 12.2 Å². The van der Waals surface area contributed by atoms with Crippen molar-refractivity contribution in [3.8, 4) is 0 Å². The molecule has 0 heterocycles. The van der Waals surface area contributed by atoms with Crippen LogP contribution in [0.15, 0.2) is 12.2 Å². The number of nitrogens with one attached hydrogen (secondary N) is 1. The lowest BCUT2D eigenvalue weighted by Gasteiger charge is -2.22. The van der Waals surface area contributed by atoms with Gasteiger partial charge in [0, 0.05) is 6.42 Å². The van der Waals surface area contributed by atoms with E-state index in [4.69, 9.17) is 0 Å². The van der Waals surface area contributed by atoms with Crippen molar-refractivity contribution in [2.45, 2.75) is 302 Å². The molecule has 2 atom stereocenters. The summed E-state index contributed by atoms with van der Waals surface area (Å²) in [4.78, 5) is 12.5. The topological polar surface area (TPSA) is 69.6 Å². The Morgan fingerprint density at radius 1 is 0.418 bits per heavy atom. The molecule has 0 aliphatic rings. The summed E-state index contributed by atoms with van der Waals surface area (Å²) in [7, 11) is 0. The molecule has 4 heteroatoms. The van der Waals surface area contributed by atoms with Crippen LogP contribution in [-0.4, -0.2) is 34.9 Å². The van der Waals surface area contributed by atoms with Crippen molar-refractivity contribution in [3.63, 3.8) is 0 Å². The van der Waals surface area contributed by atoms with Gasteiger partial charge in [-0.2, -0.15) is 0 Å². The fourth-order valence-corrected chi connectivity index (χ4v) is 8.12. The standard InChI is InChI=1S/C51H101NO3/c1-3-5-7-9-11-13-15-17-19-21-23-24-25-26-27-29-31-33-35-37-39-41-43-45-47-51(55)52-49(48-53)50(54)46-44-42-40-38-36-34-32-30-28-22-20-18-16-14-12-10-8-6-4-2/h26-27,49-50,53-54H,3-25,28-48H2,1-2H3,(H,52,55)/b27-26-. The third-order valence-electron chi connectivity index (χ3n) is 12.0. The summed E-state index contributed by atoms with van der Waals surface area (Å²) in [5.41, 5.74) is 0. The molecule has 0 aromatic rings. The Bertz CT molecular complexity index is 754. The van der Waals surface area contributed by atoms with Crippen LogP contribution in [0.1, 0.15) is 290 Å². The zero-order chi connectivity index (χ0) is 40.0. The second kappa shape index (κ2) is 47.5. The summed E-state index contributed by atoms with van der Waals surface area (Å²) < 4.78 is 0. The molecule has 0 aliphatic heterocycles. The maximum absolute atomic E-state index is 12.5. The largest absolute Gasteiger partial charge is 0.394 e. The van der Waals surface area contributed by atoms with Crippen LogP contribution in [0.2, 0.25) is 0 Å². The summed E-state index contributed by atoms with van der Waals surface area (Å²) in [6.07, 6.45) is 60.3. The fraction of sp³-hybridized carbons (Fsp3) is 0.941. The third kappa shape index (κ3) is 44.1. The third-order valence-corrected chi connectivity index (χ3v) is 12.0. The molecule has 3 N–H and O–H groups in total. The number of aliphatic hydroxyl groups excluding tert-OH is 2. The molecule has 0 saturated heterocycles. The minimum atomic E-state index is -0.658. The smallest absolute Gasteiger partial charge is 0.220 e. The fourth-order valence-electron chi connectivity index (χ4n) is 8.12. The molecule has 1 amide bonds. The molecule has 4 nitrogen and oxygen atoms in total. The first-order valence-corrected chi connectivity index (χ1v) is 25.4. The number of aliphatic hydroxyl groups is 2. The molecule has 0 bridgehead atoms. The maximum atomic E-state index is 12.5. The van der Waals surface area contributed by atoms with Crippen LogP contribution in [0.4, 0.5) is 0 Å². The van der Waals surface area contributed by atoms with Crippen LogP contribution >= 0.6 is 0 Å². The summed E-state index contributed by atoms with van der Waals surface area (Å²) in [5, 5.41) is 23.3. The van der Waals surface area contributed by atoms with Gasteiger partial charge in [-0.05, 0) is 38.5 Å². The Balaban J connectivity index is 3.46. The molecule has 0 saturated carbocycles. The van der Waals surface area contributed by atoms with Crippen LogP contribution in [0, 0.1) is 0 Å². The summed E-state index contributed by atoms with van der Waals surface area (Å²) in [6, 6.07) is -0.535. The molecule has 0 aliphatic carbocycles. The lowest BCUT2D eigenvalue weighted by atomic mass is 10.0.